The van der Waals surface area contributed by atoms with Gasteiger partial charge >= 0.3 is 0 Å². The van der Waals surface area contributed by atoms with Crippen LogP contribution in [0, 0.1) is 5.92 Å². The molecule has 2 atom stereocenters. The van der Waals surface area contributed by atoms with Gasteiger partial charge in [0.25, 0.3) is 11.5 Å². The summed E-state index contributed by atoms with van der Waals surface area (Å²) >= 11 is 0. The van der Waals surface area contributed by atoms with Gasteiger partial charge in [0.05, 0.1) is 5.56 Å². The number of pyridine rings is 1. The molecule has 0 aromatic carbocycles. The zero-order chi connectivity index (χ0) is 20.1. The summed E-state index contributed by atoms with van der Waals surface area (Å²) in [5.41, 5.74) is 2.14. The Balaban J connectivity index is 1.45. The van der Waals surface area contributed by atoms with E-state index in [1.807, 2.05) is 52.5 Å². The number of rotatable bonds is 3. The van der Waals surface area contributed by atoms with Crippen LogP contribution in [0.3, 0.4) is 0 Å². The Morgan fingerprint density at radius 2 is 2.03 bits per heavy atom. The maximum absolute atomic E-state index is 13.2. The molecule has 29 heavy (non-hydrogen) atoms. The largest absolute Gasteiger partial charge is 0.336 e. The van der Waals surface area contributed by atoms with Gasteiger partial charge in [0.15, 0.2) is 0 Å². The van der Waals surface area contributed by atoms with E-state index in [1.165, 1.54) is 0 Å². The van der Waals surface area contributed by atoms with Crippen LogP contribution >= 0.6 is 0 Å². The molecule has 0 radical (unpaired) electrons. The molecule has 0 N–H and O–H groups in total. The number of amides is 1. The van der Waals surface area contributed by atoms with Crippen LogP contribution in [0.1, 0.15) is 35.4 Å². The monoisotopic (exact) mass is 392 g/mol. The van der Waals surface area contributed by atoms with E-state index >= 15 is 0 Å². The molecule has 8 heteroatoms. The molecule has 3 aromatic heterocycles. The molecule has 0 saturated carbocycles. The van der Waals surface area contributed by atoms with Crippen molar-refractivity contribution in [1.82, 2.24) is 28.8 Å². The number of piperidine rings is 1. The smallest absolute Gasteiger partial charge is 0.274 e. The average molecular weight is 392 g/mol. The summed E-state index contributed by atoms with van der Waals surface area (Å²) in [6.45, 7) is 4.66. The molecule has 3 aromatic rings. The van der Waals surface area contributed by atoms with Crippen molar-refractivity contribution >= 4 is 5.91 Å². The molecule has 5 rings (SSSR count). The lowest BCUT2D eigenvalue weighted by molar-refractivity contribution is 0.0588. The molecule has 0 unspecified atom stereocenters. The lowest BCUT2D eigenvalue weighted by Gasteiger charge is -2.42. The van der Waals surface area contributed by atoms with Gasteiger partial charge in [-0.15, -0.1) is 0 Å². The number of aromatic nitrogens is 5. The van der Waals surface area contributed by atoms with Gasteiger partial charge < -0.3 is 14.0 Å². The summed E-state index contributed by atoms with van der Waals surface area (Å²) in [6.07, 6.45) is 6.40. The molecule has 2 bridgehead atoms. The zero-order valence-corrected chi connectivity index (χ0v) is 16.7. The number of hydrogen-bond acceptors (Lipinski definition) is 4. The Morgan fingerprint density at radius 1 is 1.17 bits per heavy atom. The van der Waals surface area contributed by atoms with Gasteiger partial charge in [-0.25, -0.2) is 4.98 Å². The summed E-state index contributed by atoms with van der Waals surface area (Å²) in [5.74, 6) is 1.10. The Hall–Kier alpha value is -3.16. The van der Waals surface area contributed by atoms with Crippen LogP contribution in [0.2, 0.25) is 0 Å². The van der Waals surface area contributed by atoms with Gasteiger partial charge in [0.2, 0.25) is 0 Å². The fraction of sp³-hybridized carbons (Fsp3) is 0.429. The maximum atomic E-state index is 13.2. The predicted octanol–water partition coefficient (Wildman–Crippen LogP) is 1.72. The number of nitrogens with zero attached hydrogens (tertiary/aromatic N) is 6. The van der Waals surface area contributed by atoms with Gasteiger partial charge in [-0.3, -0.25) is 14.3 Å². The van der Waals surface area contributed by atoms with Gasteiger partial charge in [-0.2, -0.15) is 5.10 Å². The fourth-order valence-electron chi connectivity index (χ4n) is 4.72. The van der Waals surface area contributed by atoms with Gasteiger partial charge in [0.1, 0.15) is 11.5 Å². The van der Waals surface area contributed by atoms with Crippen molar-refractivity contribution in [3.63, 3.8) is 0 Å². The minimum Gasteiger partial charge on any atom is -0.336 e. The van der Waals surface area contributed by atoms with Crippen molar-refractivity contribution in [2.24, 2.45) is 13.0 Å². The van der Waals surface area contributed by atoms with Crippen molar-refractivity contribution in [1.29, 1.82) is 0 Å². The molecule has 1 fully saturated rings. The van der Waals surface area contributed by atoms with E-state index < -0.39 is 0 Å². The minimum absolute atomic E-state index is 0.00738. The van der Waals surface area contributed by atoms with E-state index in [4.69, 9.17) is 0 Å². The third-order valence-corrected chi connectivity index (χ3v) is 6.14. The standard InChI is InChI=1S/C21H24N6O2/c1-3-26-8-6-17(23-26)21(29)25-11-14-10-15(13-25)18-5-4-16(20(28)27(18)12-14)19-22-7-9-24(19)2/h4-9,14-15H,3,10-13H2,1-2H3/t14-,15+/m0/s1. The number of hydrogen-bond donors (Lipinski definition) is 0. The van der Waals surface area contributed by atoms with Gasteiger partial charge in [0, 0.05) is 63.4 Å². The highest BCUT2D eigenvalue weighted by atomic mass is 16.2. The second kappa shape index (κ2) is 6.72. The van der Waals surface area contributed by atoms with Crippen molar-refractivity contribution < 1.29 is 4.79 Å². The molecular formula is C21H24N6O2. The molecule has 8 nitrogen and oxygen atoms in total. The van der Waals surface area contributed by atoms with Gasteiger partial charge in [-0.1, -0.05) is 0 Å². The van der Waals surface area contributed by atoms with Gasteiger partial charge in [-0.05, 0) is 37.5 Å². The van der Waals surface area contributed by atoms with Crippen LogP contribution in [0.4, 0.5) is 0 Å². The van der Waals surface area contributed by atoms with Crippen LogP contribution in [0.15, 0.2) is 41.6 Å². The van der Waals surface area contributed by atoms with E-state index in [0.717, 1.165) is 18.7 Å². The lowest BCUT2D eigenvalue weighted by Crippen LogP contribution is -2.49. The number of likely N-dealkylation sites (tertiary alicyclic amines) is 1. The molecule has 1 amide bonds. The first-order valence-electron chi connectivity index (χ1n) is 10.1. The Kier molecular flexibility index (Phi) is 4.15. The van der Waals surface area contributed by atoms with E-state index in [1.54, 1.807) is 16.9 Å². The lowest BCUT2D eigenvalue weighted by atomic mass is 9.83. The molecule has 0 spiro atoms. The zero-order valence-electron chi connectivity index (χ0n) is 16.7. The second-order valence-electron chi connectivity index (χ2n) is 8.01. The number of aryl methyl sites for hydroxylation is 2. The molecule has 150 valence electrons. The fourth-order valence-corrected chi connectivity index (χ4v) is 4.72. The van der Waals surface area contributed by atoms with Crippen molar-refractivity contribution in [2.45, 2.75) is 32.4 Å². The third-order valence-electron chi connectivity index (χ3n) is 6.14. The molecule has 2 aliphatic rings. The number of imidazole rings is 1. The third kappa shape index (κ3) is 2.90. The number of fused-ring (bicyclic) bond motifs is 4. The maximum Gasteiger partial charge on any atom is 0.274 e. The Labute approximate surface area is 168 Å². The van der Waals surface area contributed by atoms with Crippen molar-refractivity contribution in [3.8, 4) is 11.4 Å². The first-order valence-corrected chi connectivity index (χ1v) is 10.1. The number of carbonyl (C=O) groups is 1. The normalized spacial score (nSPS) is 20.6. The van der Waals surface area contributed by atoms with E-state index in [9.17, 15) is 9.59 Å². The van der Waals surface area contributed by atoms with Crippen molar-refractivity contribution in [2.75, 3.05) is 13.1 Å². The molecule has 1 saturated heterocycles. The average Bonchev–Trinajstić information content (AvgIpc) is 3.37. The summed E-state index contributed by atoms with van der Waals surface area (Å²) in [5, 5.41) is 4.37. The van der Waals surface area contributed by atoms with Crippen LogP contribution in [0.5, 0.6) is 0 Å². The highest BCUT2D eigenvalue weighted by molar-refractivity contribution is 5.92. The summed E-state index contributed by atoms with van der Waals surface area (Å²) in [7, 11) is 1.89. The van der Waals surface area contributed by atoms with E-state index in [0.29, 0.717) is 36.7 Å². The second-order valence-corrected chi connectivity index (χ2v) is 8.01. The van der Waals surface area contributed by atoms with Crippen LogP contribution < -0.4 is 5.56 Å². The van der Waals surface area contributed by atoms with Crippen molar-refractivity contribution in [3.05, 3.63) is 58.5 Å². The Bertz CT molecular complexity index is 1140. The first-order chi connectivity index (χ1) is 14.0. The summed E-state index contributed by atoms with van der Waals surface area (Å²) in [6, 6.07) is 5.69. The Morgan fingerprint density at radius 3 is 2.76 bits per heavy atom. The van der Waals surface area contributed by atoms with Crippen LogP contribution in [-0.2, 0) is 20.1 Å². The topological polar surface area (TPSA) is 78.0 Å². The summed E-state index contributed by atoms with van der Waals surface area (Å²) in [4.78, 5) is 32.4. The molecule has 0 aliphatic carbocycles. The highest BCUT2D eigenvalue weighted by Crippen LogP contribution is 2.36. The van der Waals surface area contributed by atoms with E-state index in [2.05, 4.69) is 10.1 Å². The number of carbonyl (C=O) groups excluding carboxylic acids is 1. The molecule has 2 aliphatic heterocycles. The van der Waals surface area contributed by atoms with Crippen LogP contribution in [0.25, 0.3) is 11.4 Å². The highest BCUT2D eigenvalue weighted by Gasteiger charge is 2.37. The van der Waals surface area contributed by atoms with Crippen LogP contribution in [-0.4, -0.2) is 47.8 Å². The summed E-state index contributed by atoms with van der Waals surface area (Å²) < 4.78 is 5.53. The minimum atomic E-state index is -0.0210. The SMILES string of the molecule is CCn1ccc(C(=O)N2C[C@@H]3C[C@H](C2)c2ccc(-c4nccn4C)c(=O)n2C3)n1. The quantitative estimate of drug-likeness (QED) is 0.680. The van der Waals surface area contributed by atoms with E-state index in [-0.39, 0.29) is 23.3 Å². The first kappa shape index (κ1) is 17.9. The predicted molar refractivity (Wildman–Crippen MR) is 108 cm³/mol. The molecule has 5 heterocycles. The molecular weight excluding hydrogens is 368 g/mol.